The zero-order valence-corrected chi connectivity index (χ0v) is 22.4. The lowest BCUT2D eigenvalue weighted by molar-refractivity contribution is 0.0597. The lowest BCUT2D eigenvalue weighted by Crippen LogP contribution is -2.38. The monoisotopic (exact) mass is 531 g/mol. The number of aromatic nitrogens is 3. The quantitative estimate of drug-likeness (QED) is 0.441. The zero-order valence-electron chi connectivity index (χ0n) is 22.4. The number of rotatable bonds is 5. The van der Waals surface area contributed by atoms with Crippen LogP contribution in [0.15, 0.2) is 36.5 Å². The minimum atomic E-state index is -0.937. The summed E-state index contributed by atoms with van der Waals surface area (Å²) in [5, 5.41) is 27.2. The van der Waals surface area contributed by atoms with Crippen LogP contribution in [-0.4, -0.2) is 61.5 Å². The number of nitrogens with zero attached hydrogens (tertiary/aromatic N) is 6. The summed E-state index contributed by atoms with van der Waals surface area (Å²) in [5.41, 5.74) is 1.72. The van der Waals surface area contributed by atoms with Gasteiger partial charge in [-0.3, -0.25) is 0 Å². The van der Waals surface area contributed by atoms with E-state index in [1.807, 2.05) is 0 Å². The van der Waals surface area contributed by atoms with Gasteiger partial charge in [0.05, 0.1) is 23.5 Å². The Balaban J connectivity index is 1.62. The fourth-order valence-corrected chi connectivity index (χ4v) is 4.88. The Labute approximate surface area is 227 Å². The van der Waals surface area contributed by atoms with Gasteiger partial charge in [-0.1, -0.05) is 6.07 Å². The van der Waals surface area contributed by atoms with E-state index in [0.717, 1.165) is 37.7 Å². The number of anilines is 3. The second kappa shape index (κ2) is 10.4. The van der Waals surface area contributed by atoms with Crippen molar-refractivity contribution in [3.63, 3.8) is 0 Å². The van der Waals surface area contributed by atoms with Gasteiger partial charge in [-0.15, -0.1) is 0 Å². The first-order valence-corrected chi connectivity index (χ1v) is 13.3. The summed E-state index contributed by atoms with van der Waals surface area (Å²) in [7, 11) is 0. The molecule has 5 rings (SSSR count). The lowest BCUT2D eigenvalue weighted by atomic mass is 10.1. The van der Waals surface area contributed by atoms with Crippen LogP contribution in [0.4, 0.5) is 26.9 Å². The molecule has 0 radical (unpaired) electrons. The highest BCUT2D eigenvalue weighted by atomic mass is 16.6. The van der Waals surface area contributed by atoms with Crippen LogP contribution in [-0.2, 0) is 4.74 Å². The van der Waals surface area contributed by atoms with Crippen molar-refractivity contribution in [1.82, 2.24) is 19.5 Å². The van der Waals surface area contributed by atoms with Gasteiger partial charge in [0.25, 0.3) is 0 Å². The van der Waals surface area contributed by atoms with E-state index in [1.165, 1.54) is 9.80 Å². The number of nitrogens with one attached hydrogen (secondary N) is 1. The van der Waals surface area contributed by atoms with Crippen LogP contribution in [0.2, 0.25) is 0 Å². The molecule has 11 heteroatoms. The van der Waals surface area contributed by atoms with E-state index in [1.54, 1.807) is 61.8 Å². The van der Waals surface area contributed by atoms with Crippen molar-refractivity contribution in [2.75, 3.05) is 23.3 Å². The molecular formula is C28H33N7O4. The Morgan fingerprint density at radius 2 is 2.00 bits per heavy atom. The van der Waals surface area contributed by atoms with E-state index in [2.05, 4.69) is 16.5 Å². The largest absolute Gasteiger partial charge is 0.465 e. The number of carboxylic acid groups (broad SMARTS) is 1. The molecule has 1 aromatic carbocycles. The Morgan fingerprint density at radius 1 is 1.21 bits per heavy atom. The molecule has 1 saturated heterocycles. The summed E-state index contributed by atoms with van der Waals surface area (Å²) in [4.78, 5) is 33.1. The van der Waals surface area contributed by atoms with Crippen molar-refractivity contribution in [3.8, 4) is 6.07 Å². The fourth-order valence-electron chi connectivity index (χ4n) is 4.88. The van der Waals surface area contributed by atoms with Gasteiger partial charge < -0.3 is 20.1 Å². The van der Waals surface area contributed by atoms with E-state index in [-0.39, 0.29) is 6.04 Å². The number of hydrogen-bond donors (Lipinski definition) is 2. The predicted octanol–water partition coefficient (Wildman–Crippen LogP) is 5.50. The normalized spacial score (nSPS) is 17.8. The highest BCUT2D eigenvalue weighted by Crippen LogP contribution is 2.43. The summed E-state index contributed by atoms with van der Waals surface area (Å²) in [5.74, 6) is 1.28. The molecule has 0 spiro atoms. The van der Waals surface area contributed by atoms with Crippen molar-refractivity contribution < 1.29 is 19.4 Å². The molecule has 3 heterocycles. The minimum absolute atomic E-state index is 0.143. The number of amides is 2. The summed E-state index contributed by atoms with van der Waals surface area (Å²) in [6, 6.07) is 10.5. The number of ether oxygens (including phenoxy) is 1. The molecule has 3 aromatic rings. The number of fused-ring (bicyclic) bond motifs is 1. The van der Waals surface area contributed by atoms with E-state index in [4.69, 9.17) is 9.72 Å². The molecule has 2 fully saturated rings. The number of likely N-dealkylation sites (tertiary alicyclic amines) is 1. The van der Waals surface area contributed by atoms with Crippen LogP contribution in [0.1, 0.15) is 69.9 Å². The van der Waals surface area contributed by atoms with Gasteiger partial charge in [0.15, 0.2) is 5.65 Å². The van der Waals surface area contributed by atoms with Gasteiger partial charge in [0.2, 0.25) is 0 Å². The lowest BCUT2D eigenvalue weighted by Gasteiger charge is -2.28. The standard InChI is InChI=1S/C28H33N7O4/c1-28(2,3)39-27(38)34(21-9-6-7-18(13-21)15-29)24-14-23(31-20-8-4-5-12-33(17-20)26(36)37)32-25-22(19-10-11-19)16-30-35(24)25/h6-7,9,13-14,16,19-20H,4-5,8,10-12,17H2,1-3H3,(H,31,32)(H,36,37)/t20-/m0/s1. The Hall–Kier alpha value is -4.33. The maximum atomic E-state index is 13.7. The Bertz CT molecular complexity index is 1430. The minimum Gasteiger partial charge on any atom is -0.465 e. The second-order valence-corrected chi connectivity index (χ2v) is 11.2. The van der Waals surface area contributed by atoms with Crippen LogP contribution in [0.5, 0.6) is 0 Å². The summed E-state index contributed by atoms with van der Waals surface area (Å²) >= 11 is 0. The maximum absolute atomic E-state index is 13.7. The number of carbonyl (C=O) groups is 2. The van der Waals surface area contributed by atoms with E-state index in [0.29, 0.717) is 47.5 Å². The molecule has 0 unspecified atom stereocenters. The van der Waals surface area contributed by atoms with Gasteiger partial charge in [0.1, 0.15) is 17.2 Å². The molecule has 2 amide bonds. The van der Waals surface area contributed by atoms with Crippen molar-refractivity contribution in [1.29, 1.82) is 5.26 Å². The molecule has 39 heavy (non-hydrogen) atoms. The topological polar surface area (TPSA) is 136 Å². The highest BCUT2D eigenvalue weighted by Gasteiger charge is 2.32. The summed E-state index contributed by atoms with van der Waals surface area (Å²) in [6.07, 6.45) is 4.82. The molecule has 1 saturated carbocycles. The molecular weight excluding hydrogens is 498 g/mol. The molecule has 11 nitrogen and oxygen atoms in total. The van der Waals surface area contributed by atoms with Crippen molar-refractivity contribution in [2.45, 2.75) is 70.4 Å². The predicted molar refractivity (Wildman–Crippen MR) is 145 cm³/mol. The van der Waals surface area contributed by atoms with Crippen LogP contribution in [0.3, 0.4) is 0 Å². The molecule has 1 aliphatic heterocycles. The van der Waals surface area contributed by atoms with Gasteiger partial charge in [0, 0.05) is 30.8 Å². The first-order valence-electron chi connectivity index (χ1n) is 13.3. The first-order chi connectivity index (χ1) is 18.6. The molecule has 2 aromatic heterocycles. The third kappa shape index (κ3) is 5.90. The average molecular weight is 532 g/mol. The van der Waals surface area contributed by atoms with Gasteiger partial charge in [-0.25, -0.2) is 19.5 Å². The smallest absolute Gasteiger partial charge is 0.420 e. The zero-order chi connectivity index (χ0) is 27.7. The maximum Gasteiger partial charge on any atom is 0.420 e. The van der Waals surface area contributed by atoms with Crippen LogP contribution < -0.4 is 10.2 Å². The third-order valence-corrected chi connectivity index (χ3v) is 6.83. The van der Waals surface area contributed by atoms with Crippen LogP contribution in [0, 0.1) is 11.3 Å². The van der Waals surface area contributed by atoms with E-state index in [9.17, 15) is 20.0 Å². The molecule has 1 aliphatic carbocycles. The van der Waals surface area contributed by atoms with Gasteiger partial charge in [-0.05, 0) is 77.0 Å². The second-order valence-electron chi connectivity index (χ2n) is 11.2. The highest BCUT2D eigenvalue weighted by molar-refractivity contribution is 5.96. The number of hydrogen-bond acceptors (Lipinski definition) is 7. The molecule has 0 bridgehead atoms. The van der Waals surface area contributed by atoms with Crippen LogP contribution in [0.25, 0.3) is 5.65 Å². The van der Waals surface area contributed by atoms with Gasteiger partial charge in [-0.2, -0.15) is 14.9 Å². The van der Waals surface area contributed by atoms with Crippen molar-refractivity contribution in [2.24, 2.45) is 0 Å². The summed E-state index contributed by atoms with van der Waals surface area (Å²) < 4.78 is 7.43. The van der Waals surface area contributed by atoms with E-state index < -0.39 is 17.8 Å². The molecule has 1 atom stereocenters. The van der Waals surface area contributed by atoms with Crippen molar-refractivity contribution >= 4 is 35.2 Å². The Morgan fingerprint density at radius 3 is 2.69 bits per heavy atom. The SMILES string of the molecule is CC(C)(C)OC(=O)N(c1cccc(C#N)c1)c1cc(N[C@H]2CCCCN(C(=O)O)C2)nc2c(C3CC3)cnn12. The third-order valence-electron chi connectivity index (χ3n) is 6.83. The summed E-state index contributed by atoms with van der Waals surface area (Å²) in [6.45, 7) is 6.23. The average Bonchev–Trinajstić information content (AvgIpc) is 3.67. The molecule has 2 N–H and O–H groups in total. The number of nitriles is 1. The molecule has 2 aliphatic rings. The number of carbonyl (C=O) groups excluding carboxylic acids is 1. The van der Waals surface area contributed by atoms with Crippen molar-refractivity contribution in [3.05, 3.63) is 47.7 Å². The fraction of sp³-hybridized carbons (Fsp3) is 0.464. The number of benzene rings is 1. The molecule has 204 valence electrons. The first kappa shape index (κ1) is 26.3. The van der Waals surface area contributed by atoms with Crippen LogP contribution >= 0.6 is 0 Å². The Kier molecular flexibility index (Phi) is 7.04. The van der Waals surface area contributed by atoms with Gasteiger partial charge >= 0.3 is 12.2 Å². The van der Waals surface area contributed by atoms with E-state index >= 15 is 0 Å².